The summed E-state index contributed by atoms with van der Waals surface area (Å²) in [6, 6.07) is 17.5. The third-order valence-electron chi connectivity index (χ3n) is 3.52. The minimum Gasteiger partial charge on any atom is -0.353 e. The standard InChI is InChI=1S/C18H21BrN2O.ClH/c1-13(11-15-9-5-6-10-16(15)19)21-18(22)12-17(20)14-7-3-2-4-8-14;/h2-10,13,17H,11-12,20H2,1H3,(H,21,22);1H. The van der Waals surface area contributed by atoms with E-state index in [-0.39, 0.29) is 30.4 Å². The van der Waals surface area contributed by atoms with E-state index < -0.39 is 0 Å². The second-order valence-corrected chi connectivity index (χ2v) is 6.34. The summed E-state index contributed by atoms with van der Waals surface area (Å²) in [5, 5.41) is 3.02. The molecular formula is C18H22BrClN2O. The zero-order valence-electron chi connectivity index (χ0n) is 13.0. The fraction of sp³-hybridized carbons (Fsp3) is 0.278. The fourth-order valence-electron chi connectivity index (χ4n) is 2.40. The lowest BCUT2D eigenvalue weighted by atomic mass is 10.0. The summed E-state index contributed by atoms with van der Waals surface area (Å²) in [6.45, 7) is 2.01. The van der Waals surface area contributed by atoms with Gasteiger partial charge in [-0.05, 0) is 30.5 Å². The second-order valence-electron chi connectivity index (χ2n) is 5.49. The van der Waals surface area contributed by atoms with E-state index in [1.54, 1.807) is 0 Å². The van der Waals surface area contributed by atoms with Crippen molar-refractivity contribution in [1.82, 2.24) is 5.32 Å². The van der Waals surface area contributed by atoms with E-state index in [1.807, 2.05) is 55.5 Å². The van der Waals surface area contributed by atoms with Crippen LogP contribution < -0.4 is 11.1 Å². The molecule has 3 nitrogen and oxygen atoms in total. The normalized spacial score (nSPS) is 12.8. The molecule has 0 aliphatic heterocycles. The Balaban J connectivity index is 0.00000264. The van der Waals surface area contributed by atoms with Gasteiger partial charge in [-0.1, -0.05) is 64.5 Å². The maximum Gasteiger partial charge on any atom is 0.222 e. The van der Waals surface area contributed by atoms with Crippen LogP contribution in [0, 0.1) is 0 Å². The number of benzene rings is 2. The molecule has 2 unspecified atom stereocenters. The molecule has 2 rings (SSSR count). The monoisotopic (exact) mass is 396 g/mol. The average Bonchev–Trinajstić information content (AvgIpc) is 2.50. The molecule has 2 atom stereocenters. The fourth-order valence-corrected chi connectivity index (χ4v) is 2.84. The number of nitrogens with one attached hydrogen (secondary N) is 1. The van der Waals surface area contributed by atoms with Crippen molar-refractivity contribution in [1.29, 1.82) is 0 Å². The molecule has 1 amide bonds. The molecule has 5 heteroatoms. The Morgan fingerprint density at radius 3 is 2.39 bits per heavy atom. The predicted octanol–water partition coefficient (Wildman–Crippen LogP) is 4.01. The molecule has 0 aromatic heterocycles. The Bertz CT molecular complexity index is 621. The molecule has 0 aliphatic rings. The van der Waals surface area contributed by atoms with Crippen molar-refractivity contribution in [3.63, 3.8) is 0 Å². The molecule has 0 saturated carbocycles. The molecule has 0 heterocycles. The Morgan fingerprint density at radius 2 is 1.74 bits per heavy atom. The molecule has 0 saturated heterocycles. The third kappa shape index (κ3) is 6.34. The van der Waals surface area contributed by atoms with Gasteiger partial charge in [-0.2, -0.15) is 0 Å². The van der Waals surface area contributed by atoms with Crippen LogP contribution in [0.25, 0.3) is 0 Å². The Labute approximate surface area is 152 Å². The number of amides is 1. The smallest absolute Gasteiger partial charge is 0.222 e. The Hall–Kier alpha value is -1.36. The minimum absolute atomic E-state index is 0. The van der Waals surface area contributed by atoms with Gasteiger partial charge in [0.15, 0.2) is 0 Å². The summed E-state index contributed by atoms with van der Waals surface area (Å²) in [5.41, 5.74) is 8.25. The summed E-state index contributed by atoms with van der Waals surface area (Å²) in [5.74, 6) is -0.0177. The Kier molecular flexibility index (Phi) is 8.31. The number of hydrogen-bond acceptors (Lipinski definition) is 2. The van der Waals surface area contributed by atoms with E-state index >= 15 is 0 Å². The number of halogens is 2. The van der Waals surface area contributed by atoms with Gasteiger partial charge >= 0.3 is 0 Å². The van der Waals surface area contributed by atoms with Crippen molar-refractivity contribution < 1.29 is 4.79 Å². The summed E-state index contributed by atoms with van der Waals surface area (Å²) in [4.78, 5) is 12.1. The van der Waals surface area contributed by atoms with Crippen LogP contribution in [0.15, 0.2) is 59.1 Å². The lowest BCUT2D eigenvalue weighted by Crippen LogP contribution is -2.35. The second kappa shape index (κ2) is 9.71. The van der Waals surface area contributed by atoms with Gasteiger partial charge in [-0.25, -0.2) is 0 Å². The van der Waals surface area contributed by atoms with Crippen LogP contribution in [0.4, 0.5) is 0 Å². The minimum atomic E-state index is -0.267. The van der Waals surface area contributed by atoms with E-state index in [2.05, 4.69) is 27.3 Å². The van der Waals surface area contributed by atoms with Gasteiger partial charge < -0.3 is 11.1 Å². The largest absolute Gasteiger partial charge is 0.353 e. The van der Waals surface area contributed by atoms with Crippen molar-refractivity contribution in [2.45, 2.75) is 31.8 Å². The zero-order chi connectivity index (χ0) is 15.9. The molecule has 0 aliphatic carbocycles. The van der Waals surface area contributed by atoms with Crippen LogP contribution in [0.5, 0.6) is 0 Å². The SMILES string of the molecule is CC(Cc1ccccc1Br)NC(=O)CC(N)c1ccccc1.Cl. The lowest BCUT2D eigenvalue weighted by Gasteiger charge is -2.17. The van der Waals surface area contributed by atoms with Crippen molar-refractivity contribution in [3.05, 3.63) is 70.2 Å². The number of nitrogens with two attached hydrogens (primary N) is 1. The van der Waals surface area contributed by atoms with Crippen LogP contribution in [0.2, 0.25) is 0 Å². The van der Waals surface area contributed by atoms with Gasteiger partial charge in [-0.3, -0.25) is 4.79 Å². The maximum absolute atomic E-state index is 12.1. The number of carbonyl (C=O) groups is 1. The highest BCUT2D eigenvalue weighted by atomic mass is 79.9. The first-order valence-electron chi connectivity index (χ1n) is 7.39. The van der Waals surface area contributed by atoms with Crippen LogP contribution in [0.3, 0.4) is 0 Å². The molecule has 2 aromatic rings. The molecule has 23 heavy (non-hydrogen) atoms. The lowest BCUT2D eigenvalue weighted by molar-refractivity contribution is -0.122. The van der Waals surface area contributed by atoms with Crippen molar-refractivity contribution in [3.8, 4) is 0 Å². The zero-order valence-corrected chi connectivity index (χ0v) is 15.4. The van der Waals surface area contributed by atoms with Crippen molar-refractivity contribution in [2.75, 3.05) is 0 Å². The van der Waals surface area contributed by atoms with E-state index in [1.165, 1.54) is 5.56 Å². The third-order valence-corrected chi connectivity index (χ3v) is 4.30. The molecule has 0 radical (unpaired) electrons. The van der Waals surface area contributed by atoms with Gasteiger partial charge in [0.05, 0.1) is 0 Å². The summed E-state index contributed by atoms with van der Waals surface area (Å²) < 4.78 is 1.07. The van der Waals surface area contributed by atoms with Gasteiger partial charge in [0.2, 0.25) is 5.91 Å². The summed E-state index contributed by atoms with van der Waals surface area (Å²) >= 11 is 3.53. The maximum atomic E-state index is 12.1. The summed E-state index contributed by atoms with van der Waals surface area (Å²) in [6.07, 6.45) is 1.08. The molecule has 2 aromatic carbocycles. The highest BCUT2D eigenvalue weighted by Gasteiger charge is 2.14. The van der Waals surface area contributed by atoms with Gasteiger partial charge in [-0.15, -0.1) is 12.4 Å². The van der Waals surface area contributed by atoms with E-state index in [9.17, 15) is 4.79 Å². The van der Waals surface area contributed by atoms with Crippen LogP contribution in [0.1, 0.15) is 30.5 Å². The van der Waals surface area contributed by atoms with Crippen molar-refractivity contribution in [2.24, 2.45) is 5.73 Å². The van der Waals surface area contributed by atoms with Gasteiger partial charge in [0.25, 0.3) is 0 Å². The van der Waals surface area contributed by atoms with Crippen LogP contribution in [-0.4, -0.2) is 11.9 Å². The number of carbonyl (C=O) groups excluding carboxylic acids is 1. The van der Waals surface area contributed by atoms with Crippen LogP contribution in [-0.2, 0) is 11.2 Å². The quantitative estimate of drug-likeness (QED) is 0.774. The average molecular weight is 398 g/mol. The molecule has 0 fully saturated rings. The van der Waals surface area contributed by atoms with E-state index in [0.29, 0.717) is 6.42 Å². The number of hydrogen-bond donors (Lipinski definition) is 2. The van der Waals surface area contributed by atoms with Gasteiger partial charge in [0, 0.05) is 23.0 Å². The predicted molar refractivity (Wildman–Crippen MR) is 101 cm³/mol. The Morgan fingerprint density at radius 1 is 1.13 bits per heavy atom. The van der Waals surface area contributed by atoms with E-state index in [0.717, 1.165) is 16.5 Å². The van der Waals surface area contributed by atoms with Crippen molar-refractivity contribution >= 4 is 34.2 Å². The molecule has 0 spiro atoms. The number of rotatable bonds is 6. The molecule has 124 valence electrons. The first-order chi connectivity index (χ1) is 10.6. The highest BCUT2D eigenvalue weighted by Crippen LogP contribution is 2.18. The first kappa shape index (κ1) is 19.7. The molecule has 3 N–H and O–H groups in total. The van der Waals surface area contributed by atoms with Crippen LogP contribution >= 0.6 is 28.3 Å². The molecular weight excluding hydrogens is 376 g/mol. The van der Waals surface area contributed by atoms with Gasteiger partial charge in [0.1, 0.15) is 0 Å². The highest BCUT2D eigenvalue weighted by molar-refractivity contribution is 9.10. The van der Waals surface area contributed by atoms with E-state index in [4.69, 9.17) is 5.73 Å². The topological polar surface area (TPSA) is 55.1 Å². The summed E-state index contributed by atoms with van der Waals surface area (Å²) in [7, 11) is 0. The molecule has 0 bridgehead atoms. The first-order valence-corrected chi connectivity index (χ1v) is 8.19.